The van der Waals surface area contributed by atoms with Crippen LogP contribution in [-0.4, -0.2) is 106 Å². The third-order valence-corrected chi connectivity index (χ3v) is 10.4. The summed E-state index contributed by atoms with van der Waals surface area (Å²) in [6.45, 7) is 8.00. The molecule has 268 valence electrons. The summed E-state index contributed by atoms with van der Waals surface area (Å²) in [6.07, 6.45) is 5.14. The molecule has 12 heteroatoms. The molecular weight excluding hydrogens is 651 g/mol. The Bertz CT molecular complexity index is 2160. The molecule has 3 aromatic carbocycles. The SMILES string of the molecule is CN(C)CCCCNC(=O)c1cn2c3c(c(N4CC[C@@H](NCCCN5CCOCC5)C4)c(F)cc3c1=O)Oc1cc3c(cc1-2)oc1ccccc13. The molecule has 2 N–H and O–H groups in total. The minimum atomic E-state index is -0.548. The minimum Gasteiger partial charge on any atom is -0.456 e. The van der Waals surface area contributed by atoms with Crippen LogP contribution < -0.4 is 25.7 Å². The number of ether oxygens (including phenoxy) is 2. The van der Waals surface area contributed by atoms with Crippen LogP contribution in [0.1, 0.15) is 36.0 Å². The second-order valence-corrected chi connectivity index (χ2v) is 14.2. The van der Waals surface area contributed by atoms with E-state index < -0.39 is 17.2 Å². The number of nitrogens with zero attached hydrogens (tertiary/aromatic N) is 4. The van der Waals surface area contributed by atoms with Crippen LogP contribution in [0.4, 0.5) is 10.1 Å². The lowest BCUT2D eigenvalue weighted by molar-refractivity contribution is 0.0374. The highest BCUT2D eigenvalue weighted by atomic mass is 19.1. The molecule has 0 saturated carbocycles. The van der Waals surface area contributed by atoms with Gasteiger partial charge in [0.25, 0.3) is 5.91 Å². The van der Waals surface area contributed by atoms with Crippen molar-refractivity contribution < 1.29 is 23.1 Å². The lowest BCUT2D eigenvalue weighted by atomic mass is 10.0. The molecule has 5 heterocycles. The molecule has 1 amide bonds. The lowest BCUT2D eigenvalue weighted by Crippen LogP contribution is -2.39. The molecule has 3 aliphatic rings. The quantitative estimate of drug-likeness (QED) is 0.169. The Labute approximate surface area is 295 Å². The molecule has 0 aliphatic carbocycles. The first kappa shape index (κ1) is 33.6. The molecule has 0 spiro atoms. The van der Waals surface area contributed by atoms with Crippen molar-refractivity contribution in [3.05, 3.63) is 70.3 Å². The number of fused-ring (bicyclic) bond motifs is 5. The van der Waals surface area contributed by atoms with Crippen molar-refractivity contribution in [2.45, 2.75) is 31.7 Å². The van der Waals surface area contributed by atoms with E-state index in [2.05, 4.69) is 20.4 Å². The molecule has 2 fully saturated rings. The zero-order chi connectivity index (χ0) is 35.1. The Balaban J connectivity index is 1.14. The van der Waals surface area contributed by atoms with Crippen molar-refractivity contribution in [2.24, 2.45) is 0 Å². The number of carbonyl (C=O) groups is 1. The Morgan fingerprint density at radius 3 is 2.67 bits per heavy atom. The number of benzene rings is 3. The number of rotatable bonds is 12. The number of unbranched alkanes of at least 4 members (excludes halogenated alkanes) is 1. The van der Waals surface area contributed by atoms with Crippen LogP contribution >= 0.6 is 0 Å². The van der Waals surface area contributed by atoms with E-state index in [4.69, 9.17) is 13.9 Å². The maximum absolute atomic E-state index is 16.4. The van der Waals surface area contributed by atoms with Gasteiger partial charge < -0.3 is 38.9 Å². The third kappa shape index (κ3) is 6.57. The highest BCUT2D eigenvalue weighted by Gasteiger charge is 2.34. The number of carbonyl (C=O) groups excluding carboxylic acids is 1. The fourth-order valence-electron chi connectivity index (χ4n) is 7.69. The fraction of sp³-hybridized carbons (Fsp3) is 0.436. The summed E-state index contributed by atoms with van der Waals surface area (Å²) in [5.74, 6) is -0.258. The second kappa shape index (κ2) is 14.3. The molecule has 2 aromatic heterocycles. The molecule has 0 radical (unpaired) electrons. The Hall–Kier alpha value is -4.49. The first-order valence-electron chi connectivity index (χ1n) is 18.1. The number of para-hydroxylation sites is 1. The first-order valence-corrected chi connectivity index (χ1v) is 18.1. The van der Waals surface area contributed by atoms with Gasteiger partial charge in [0.2, 0.25) is 5.43 Å². The smallest absolute Gasteiger partial charge is 0.256 e. The fourth-order valence-corrected chi connectivity index (χ4v) is 7.69. The van der Waals surface area contributed by atoms with E-state index in [0.29, 0.717) is 47.9 Å². The molecule has 3 aliphatic heterocycles. The number of amides is 1. The van der Waals surface area contributed by atoms with Gasteiger partial charge in [-0.15, -0.1) is 0 Å². The number of morpholine rings is 1. The largest absolute Gasteiger partial charge is 0.456 e. The third-order valence-electron chi connectivity index (χ3n) is 10.4. The van der Waals surface area contributed by atoms with Crippen molar-refractivity contribution >= 4 is 44.4 Å². The van der Waals surface area contributed by atoms with Gasteiger partial charge >= 0.3 is 0 Å². The predicted molar refractivity (Wildman–Crippen MR) is 197 cm³/mol. The highest BCUT2D eigenvalue weighted by molar-refractivity contribution is 6.07. The van der Waals surface area contributed by atoms with Gasteiger partial charge in [-0.1, -0.05) is 18.2 Å². The van der Waals surface area contributed by atoms with Gasteiger partial charge in [-0.3, -0.25) is 14.5 Å². The van der Waals surface area contributed by atoms with Crippen LogP contribution in [0.25, 0.3) is 38.5 Å². The first-order chi connectivity index (χ1) is 24.9. The monoisotopic (exact) mass is 696 g/mol. The number of furan rings is 1. The molecule has 0 unspecified atom stereocenters. The van der Waals surface area contributed by atoms with E-state index in [1.807, 2.05) is 55.4 Å². The second-order valence-electron chi connectivity index (χ2n) is 14.2. The van der Waals surface area contributed by atoms with Crippen molar-refractivity contribution in [3.63, 3.8) is 0 Å². The van der Waals surface area contributed by atoms with E-state index in [1.54, 1.807) is 10.8 Å². The summed E-state index contributed by atoms with van der Waals surface area (Å²) < 4.78 is 36.6. The summed E-state index contributed by atoms with van der Waals surface area (Å²) in [5, 5.41) is 8.48. The number of hydrogen-bond donors (Lipinski definition) is 2. The van der Waals surface area contributed by atoms with Crippen LogP contribution in [0.15, 0.2) is 57.9 Å². The Kier molecular flexibility index (Phi) is 9.41. The van der Waals surface area contributed by atoms with Crippen molar-refractivity contribution in [2.75, 3.05) is 84.6 Å². The summed E-state index contributed by atoms with van der Waals surface area (Å²) in [7, 11) is 4.01. The van der Waals surface area contributed by atoms with Gasteiger partial charge in [-0.05, 0) is 77.6 Å². The molecule has 11 nitrogen and oxygen atoms in total. The van der Waals surface area contributed by atoms with Gasteiger partial charge in [0.1, 0.15) is 27.9 Å². The van der Waals surface area contributed by atoms with E-state index in [9.17, 15) is 9.59 Å². The number of hydrogen-bond acceptors (Lipinski definition) is 9. The normalized spacial score (nSPS) is 17.5. The minimum absolute atomic E-state index is 0.0479. The average molecular weight is 697 g/mol. The molecule has 0 bridgehead atoms. The number of nitrogens with one attached hydrogen (secondary N) is 2. The van der Waals surface area contributed by atoms with Crippen LogP contribution in [0.2, 0.25) is 0 Å². The zero-order valence-corrected chi connectivity index (χ0v) is 29.3. The van der Waals surface area contributed by atoms with Gasteiger partial charge in [0.15, 0.2) is 17.3 Å². The molecule has 1 atom stereocenters. The summed E-state index contributed by atoms with van der Waals surface area (Å²) >= 11 is 0. The van der Waals surface area contributed by atoms with Crippen LogP contribution in [0.5, 0.6) is 11.5 Å². The number of pyridine rings is 1. The summed E-state index contributed by atoms with van der Waals surface area (Å²) in [6, 6.07) is 13.0. The van der Waals surface area contributed by atoms with Crippen LogP contribution in [-0.2, 0) is 4.74 Å². The molecular formula is C39H45FN6O5. The predicted octanol–water partition coefficient (Wildman–Crippen LogP) is 5.10. The number of anilines is 1. The lowest BCUT2D eigenvalue weighted by Gasteiger charge is -2.29. The van der Waals surface area contributed by atoms with Gasteiger partial charge in [-0.2, -0.15) is 0 Å². The van der Waals surface area contributed by atoms with Crippen LogP contribution in [0, 0.1) is 5.82 Å². The Morgan fingerprint density at radius 1 is 0.980 bits per heavy atom. The summed E-state index contributed by atoms with van der Waals surface area (Å²) in [5.41, 5.74) is 2.17. The highest BCUT2D eigenvalue weighted by Crippen LogP contribution is 2.49. The van der Waals surface area contributed by atoms with E-state index in [0.717, 1.165) is 88.0 Å². The van der Waals surface area contributed by atoms with Crippen molar-refractivity contribution in [1.82, 2.24) is 25.0 Å². The molecule has 5 aromatic rings. The van der Waals surface area contributed by atoms with E-state index >= 15 is 4.39 Å². The maximum Gasteiger partial charge on any atom is 0.256 e. The molecule has 51 heavy (non-hydrogen) atoms. The van der Waals surface area contributed by atoms with Crippen LogP contribution in [0.3, 0.4) is 0 Å². The number of aromatic nitrogens is 1. The average Bonchev–Trinajstić information content (AvgIpc) is 3.74. The topological polar surface area (TPSA) is 104 Å². The van der Waals surface area contributed by atoms with Gasteiger partial charge in [-0.25, -0.2) is 4.39 Å². The zero-order valence-electron chi connectivity index (χ0n) is 29.3. The molecule has 2 saturated heterocycles. The standard InChI is InChI=1S/C39H45FN6O5/c1-43(2)13-6-5-11-42-39(48)29-24-46-31-22-33-27(26-8-3-4-9-32(26)50-33)21-34(31)51-38-35(46)28(37(29)47)20-30(40)36(38)45-15-10-25(23-45)41-12-7-14-44-16-18-49-19-17-44/h3-4,8-9,20-22,24-25,41H,5-7,10-19,23H2,1-2H3,(H,42,48)/t25-/m1/s1. The summed E-state index contributed by atoms with van der Waals surface area (Å²) in [4.78, 5) is 34.0. The van der Waals surface area contributed by atoms with Gasteiger partial charge in [0, 0.05) is 61.8 Å². The van der Waals surface area contributed by atoms with E-state index in [1.165, 1.54) is 6.07 Å². The van der Waals surface area contributed by atoms with Gasteiger partial charge in [0.05, 0.1) is 24.3 Å². The van der Waals surface area contributed by atoms with Crippen molar-refractivity contribution in [1.29, 1.82) is 0 Å². The number of halogens is 1. The van der Waals surface area contributed by atoms with Crippen molar-refractivity contribution in [3.8, 4) is 17.2 Å². The maximum atomic E-state index is 16.4. The molecule has 8 rings (SSSR count). The van der Waals surface area contributed by atoms with E-state index in [-0.39, 0.29) is 22.7 Å². The Morgan fingerprint density at radius 2 is 1.82 bits per heavy atom.